The highest BCUT2D eigenvalue weighted by atomic mass is 79.9. The standard InChI is InChI=1S/C17H23BrO/c1-4-16(14(2)19-3)11-7-5-6-9-15-10-8-12-17(18)13-15/h5,7-8,10,12-13,16H,2,4,6,9,11H2,1,3H3/b7-5+. The minimum atomic E-state index is 0.437. The molecule has 0 aromatic heterocycles. The summed E-state index contributed by atoms with van der Waals surface area (Å²) < 4.78 is 6.36. The Kier molecular flexibility index (Phi) is 7.57. The largest absolute Gasteiger partial charge is 0.501 e. The van der Waals surface area contributed by atoms with Crippen molar-refractivity contribution in [2.75, 3.05) is 7.11 Å². The third-order valence-corrected chi connectivity index (χ3v) is 3.78. The zero-order valence-corrected chi connectivity index (χ0v) is 13.4. The molecule has 0 aliphatic heterocycles. The Balaban J connectivity index is 2.32. The van der Waals surface area contributed by atoms with E-state index in [4.69, 9.17) is 4.74 Å². The summed E-state index contributed by atoms with van der Waals surface area (Å²) in [7, 11) is 1.70. The number of hydrogen-bond acceptors (Lipinski definition) is 1. The van der Waals surface area contributed by atoms with Gasteiger partial charge >= 0.3 is 0 Å². The van der Waals surface area contributed by atoms with Crippen molar-refractivity contribution in [1.82, 2.24) is 0 Å². The maximum atomic E-state index is 5.21. The number of hydrogen-bond donors (Lipinski definition) is 0. The van der Waals surface area contributed by atoms with Gasteiger partial charge in [-0.15, -0.1) is 0 Å². The van der Waals surface area contributed by atoms with Crippen LogP contribution in [0.25, 0.3) is 0 Å². The van der Waals surface area contributed by atoms with Crippen LogP contribution in [0.2, 0.25) is 0 Å². The minimum Gasteiger partial charge on any atom is -0.501 e. The molecule has 1 aromatic carbocycles. The van der Waals surface area contributed by atoms with Crippen molar-refractivity contribution in [1.29, 1.82) is 0 Å². The first-order valence-electron chi connectivity index (χ1n) is 6.79. The number of rotatable bonds is 8. The van der Waals surface area contributed by atoms with E-state index in [1.165, 1.54) is 5.56 Å². The van der Waals surface area contributed by atoms with Gasteiger partial charge in [-0.2, -0.15) is 0 Å². The molecule has 0 spiro atoms. The Morgan fingerprint density at radius 3 is 2.84 bits per heavy atom. The number of benzene rings is 1. The zero-order valence-electron chi connectivity index (χ0n) is 11.9. The fraction of sp³-hybridized carbons (Fsp3) is 0.412. The fourth-order valence-corrected chi connectivity index (χ4v) is 2.46. The van der Waals surface area contributed by atoms with Gasteiger partial charge in [0.25, 0.3) is 0 Å². The van der Waals surface area contributed by atoms with Crippen LogP contribution >= 0.6 is 15.9 Å². The second kappa shape index (κ2) is 8.98. The average Bonchev–Trinajstić information content (AvgIpc) is 2.42. The van der Waals surface area contributed by atoms with Crippen LogP contribution in [0.5, 0.6) is 0 Å². The molecular weight excluding hydrogens is 300 g/mol. The number of allylic oxidation sites excluding steroid dienone is 3. The lowest BCUT2D eigenvalue weighted by molar-refractivity contribution is 0.240. The molecule has 0 saturated heterocycles. The van der Waals surface area contributed by atoms with Crippen LogP contribution in [0.15, 0.2) is 53.2 Å². The molecule has 1 aromatic rings. The highest BCUT2D eigenvalue weighted by Gasteiger charge is 2.08. The van der Waals surface area contributed by atoms with Gasteiger partial charge in [0.2, 0.25) is 0 Å². The SMILES string of the molecule is C=C(OC)C(CC)C/C=C/CCc1cccc(Br)c1. The lowest BCUT2D eigenvalue weighted by Gasteiger charge is -2.14. The van der Waals surface area contributed by atoms with Crippen LogP contribution in [0.1, 0.15) is 31.7 Å². The monoisotopic (exact) mass is 322 g/mol. The number of halogens is 1. The summed E-state index contributed by atoms with van der Waals surface area (Å²) in [6.45, 7) is 6.11. The van der Waals surface area contributed by atoms with Crippen LogP contribution < -0.4 is 0 Å². The predicted molar refractivity (Wildman–Crippen MR) is 86.2 cm³/mol. The molecule has 19 heavy (non-hydrogen) atoms. The Morgan fingerprint density at radius 1 is 1.42 bits per heavy atom. The molecular formula is C17H23BrO. The number of methoxy groups -OCH3 is 1. The topological polar surface area (TPSA) is 9.23 Å². The molecule has 0 heterocycles. The summed E-state index contributed by atoms with van der Waals surface area (Å²) in [5.74, 6) is 1.33. The van der Waals surface area contributed by atoms with Crippen molar-refractivity contribution < 1.29 is 4.74 Å². The molecule has 1 nitrogen and oxygen atoms in total. The van der Waals surface area contributed by atoms with Gasteiger partial charge in [0.15, 0.2) is 0 Å². The predicted octanol–water partition coefficient (Wildman–Crippen LogP) is 5.51. The summed E-state index contributed by atoms with van der Waals surface area (Å²) in [4.78, 5) is 0. The van der Waals surface area contributed by atoms with Gasteiger partial charge in [0, 0.05) is 10.4 Å². The van der Waals surface area contributed by atoms with Crippen LogP contribution in [0, 0.1) is 5.92 Å². The molecule has 0 amide bonds. The first-order chi connectivity index (χ1) is 9.17. The van der Waals surface area contributed by atoms with E-state index in [2.05, 4.69) is 65.9 Å². The lowest BCUT2D eigenvalue weighted by atomic mass is 10.00. The molecule has 1 unspecified atom stereocenters. The van der Waals surface area contributed by atoms with Gasteiger partial charge in [0.05, 0.1) is 12.9 Å². The highest BCUT2D eigenvalue weighted by Crippen LogP contribution is 2.19. The second-order valence-corrected chi connectivity index (χ2v) is 5.57. The van der Waals surface area contributed by atoms with Crippen molar-refractivity contribution in [2.45, 2.75) is 32.6 Å². The second-order valence-electron chi connectivity index (χ2n) is 4.65. The summed E-state index contributed by atoms with van der Waals surface area (Å²) in [6, 6.07) is 8.48. The fourth-order valence-electron chi connectivity index (χ4n) is 2.01. The van der Waals surface area contributed by atoms with Crippen LogP contribution in [-0.4, -0.2) is 7.11 Å². The summed E-state index contributed by atoms with van der Waals surface area (Å²) in [6.07, 6.45) is 8.75. The Bertz CT molecular complexity index is 423. The summed E-state index contributed by atoms with van der Waals surface area (Å²) >= 11 is 3.50. The molecule has 104 valence electrons. The average molecular weight is 323 g/mol. The molecule has 0 N–H and O–H groups in total. The molecule has 1 atom stereocenters. The molecule has 0 radical (unpaired) electrons. The molecule has 0 saturated carbocycles. The van der Waals surface area contributed by atoms with Crippen molar-refractivity contribution in [2.24, 2.45) is 5.92 Å². The highest BCUT2D eigenvalue weighted by molar-refractivity contribution is 9.10. The quantitative estimate of drug-likeness (QED) is 0.452. The van der Waals surface area contributed by atoms with Crippen molar-refractivity contribution in [3.05, 3.63) is 58.8 Å². The lowest BCUT2D eigenvalue weighted by Crippen LogP contribution is -2.02. The zero-order chi connectivity index (χ0) is 14.1. The van der Waals surface area contributed by atoms with Gasteiger partial charge in [-0.3, -0.25) is 0 Å². The molecule has 0 fully saturated rings. The molecule has 0 bridgehead atoms. The minimum absolute atomic E-state index is 0.437. The van der Waals surface area contributed by atoms with E-state index < -0.39 is 0 Å². The normalized spacial score (nSPS) is 12.6. The van der Waals surface area contributed by atoms with Crippen LogP contribution in [0.4, 0.5) is 0 Å². The van der Waals surface area contributed by atoms with E-state index in [9.17, 15) is 0 Å². The van der Waals surface area contributed by atoms with E-state index in [1.54, 1.807) is 7.11 Å². The van der Waals surface area contributed by atoms with E-state index in [1.807, 2.05) is 0 Å². The summed E-state index contributed by atoms with van der Waals surface area (Å²) in [5.41, 5.74) is 1.37. The Labute approximate surface area is 125 Å². The first kappa shape index (κ1) is 16.0. The third-order valence-electron chi connectivity index (χ3n) is 3.29. The molecule has 0 aliphatic rings. The van der Waals surface area contributed by atoms with Crippen LogP contribution in [-0.2, 0) is 11.2 Å². The van der Waals surface area contributed by atoms with Crippen LogP contribution in [0.3, 0.4) is 0 Å². The van der Waals surface area contributed by atoms with Gasteiger partial charge in [-0.05, 0) is 43.4 Å². The maximum Gasteiger partial charge on any atom is 0.0917 e. The third kappa shape index (κ3) is 6.11. The number of aryl methyl sites for hydroxylation is 1. The van der Waals surface area contributed by atoms with Gasteiger partial charge in [0.1, 0.15) is 0 Å². The Morgan fingerprint density at radius 2 is 2.21 bits per heavy atom. The van der Waals surface area contributed by atoms with E-state index in [0.717, 1.165) is 35.9 Å². The van der Waals surface area contributed by atoms with Gasteiger partial charge in [-0.25, -0.2) is 0 Å². The first-order valence-corrected chi connectivity index (χ1v) is 7.58. The Hall–Kier alpha value is -1.02. The molecule has 1 rings (SSSR count). The smallest absolute Gasteiger partial charge is 0.0917 e. The van der Waals surface area contributed by atoms with Crippen molar-refractivity contribution in [3.63, 3.8) is 0 Å². The van der Waals surface area contributed by atoms with E-state index in [-0.39, 0.29) is 0 Å². The van der Waals surface area contributed by atoms with E-state index in [0.29, 0.717) is 5.92 Å². The van der Waals surface area contributed by atoms with E-state index >= 15 is 0 Å². The molecule has 0 aliphatic carbocycles. The van der Waals surface area contributed by atoms with Crippen molar-refractivity contribution in [3.8, 4) is 0 Å². The van der Waals surface area contributed by atoms with Gasteiger partial charge < -0.3 is 4.74 Å². The molecule has 2 heteroatoms. The van der Waals surface area contributed by atoms with Gasteiger partial charge in [-0.1, -0.05) is 53.7 Å². The summed E-state index contributed by atoms with van der Waals surface area (Å²) in [5, 5.41) is 0. The number of ether oxygens (including phenoxy) is 1. The maximum absolute atomic E-state index is 5.21. The van der Waals surface area contributed by atoms with Crippen molar-refractivity contribution >= 4 is 15.9 Å².